The third-order valence-electron chi connectivity index (χ3n) is 3.37. The van der Waals surface area contributed by atoms with E-state index in [1.807, 2.05) is 0 Å². The molecule has 0 atom stereocenters. The van der Waals surface area contributed by atoms with Gasteiger partial charge in [-0.3, -0.25) is 9.10 Å². The number of carbonyl (C=O) groups is 1. The highest BCUT2D eigenvalue weighted by molar-refractivity contribution is 7.92. The van der Waals surface area contributed by atoms with Crippen molar-refractivity contribution in [3.8, 4) is 5.75 Å². The van der Waals surface area contributed by atoms with E-state index >= 15 is 0 Å². The molecule has 0 radical (unpaired) electrons. The van der Waals surface area contributed by atoms with Gasteiger partial charge in [-0.05, 0) is 42.5 Å². The van der Waals surface area contributed by atoms with Crippen molar-refractivity contribution in [3.05, 3.63) is 52.5 Å². The zero-order chi connectivity index (χ0) is 18.6. The second-order valence-corrected chi connectivity index (χ2v) is 7.67. The lowest BCUT2D eigenvalue weighted by atomic mass is 10.3. The Morgan fingerprint density at radius 2 is 1.76 bits per heavy atom. The summed E-state index contributed by atoms with van der Waals surface area (Å²) in [4.78, 5) is 10.8. The van der Waals surface area contributed by atoms with Gasteiger partial charge < -0.3 is 9.84 Å². The molecule has 2 rings (SSSR count). The maximum atomic E-state index is 13.0. The van der Waals surface area contributed by atoms with E-state index in [9.17, 15) is 13.2 Å². The van der Waals surface area contributed by atoms with E-state index in [0.29, 0.717) is 11.4 Å². The molecule has 2 aromatic carbocycles. The summed E-state index contributed by atoms with van der Waals surface area (Å²) in [5.41, 5.74) is 0.313. The fourth-order valence-corrected chi connectivity index (χ4v) is 3.95. The Bertz CT molecular complexity index is 869. The minimum atomic E-state index is -4.02. The minimum absolute atomic E-state index is 0.0805. The molecule has 0 unspecified atom stereocenters. The van der Waals surface area contributed by atoms with Gasteiger partial charge in [0.25, 0.3) is 10.0 Å². The van der Waals surface area contributed by atoms with Gasteiger partial charge in [-0.25, -0.2) is 8.42 Å². The van der Waals surface area contributed by atoms with Crippen molar-refractivity contribution in [2.24, 2.45) is 0 Å². The SMILES string of the molecule is COc1ccc(N(CCC(=O)O)S(=O)(=O)c2ccc(Cl)c(Cl)c2)cc1. The summed E-state index contributed by atoms with van der Waals surface area (Å²) in [5.74, 6) is -0.559. The molecule has 0 amide bonds. The smallest absolute Gasteiger partial charge is 0.305 e. The van der Waals surface area contributed by atoms with Crippen molar-refractivity contribution in [2.75, 3.05) is 18.0 Å². The van der Waals surface area contributed by atoms with Crippen LogP contribution in [0, 0.1) is 0 Å². The highest BCUT2D eigenvalue weighted by Gasteiger charge is 2.26. The van der Waals surface area contributed by atoms with Crippen LogP contribution in [0.15, 0.2) is 47.4 Å². The van der Waals surface area contributed by atoms with Crippen LogP contribution in [0.3, 0.4) is 0 Å². The normalized spacial score (nSPS) is 11.2. The minimum Gasteiger partial charge on any atom is -0.497 e. The molecule has 134 valence electrons. The van der Waals surface area contributed by atoms with E-state index in [1.54, 1.807) is 12.1 Å². The number of aliphatic carboxylic acids is 1. The highest BCUT2D eigenvalue weighted by Crippen LogP contribution is 2.30. The fraction of sp³-hybridized carbons (Fsp3) is 0.188. The third kappa shape index (κ3) is 4.56. The first-order valence-electron chi connectivity index (χ1n) is 7.09. The molecule has 0 saturated carbocycles. The number of carboxylic acid groups (broad SMARTS) is 1. The lowest BCUT2D eigenvalue weighted by Gasteiger charge is -2.24. The summed E-state index contributed by atoms with van der Waals surface area (Å²) in [6, 6.07) is 10.2. The van der Waals surface area contributed by atoms with Gasteiger partial charge in [0.15, 0.2) is 0 Å². The molecule has 0 heterocycles. The third-order valence-corrected chi connectivity index (χ3v) is 5.93. The van der Waals surface area contributed by atoms with Crippen molar-refractivity contribution in [1.82, 2.24) is 0 Å². The molecule has 25 heavy (non-hydrogen) atoms. The molecular formula is C16H15Cl2NO5S. The molecule has 0 aliphatic carbocycles. The summed E-state index contributed by atoms with van der Waals surface area (Å²) >= 11 is 11.7. The second-order valence-electron chi connectivity index (χ2n) is 4.99. The fourth-order valence-electron chi connectivity index (χ4n) is 2.10. The van der Waals surface area contributed by atoms with Crippen molar-refractivity contribution in [2.45, 2.75) is 11.3 Å². The van der Waals surface area contributed by atoms with Crippen LogP contribution < -0.4 is 9.04 Å². The first-order chi connectivity index (χ1) is 11.8. The highest BCUT2D eigenvalue weighted by atomic mass is 35.5. The van der Waals surface area contributed by atoms with Crippen molar-refractivity contribution in [1.29, 1.82) is 0 Å². The number of hydrogen-bond acceptors (Lipinski definition) is 4. The number of benzene rings is 2. The average Bonchev–Trinajstić information content (AvgIpc) is 2.57. The Kier molecular flexibility index (Phi) is 6.16. The number of nitrogens with zero attached hydrogens (tertiary/aromatic N) is 1. The Balaban J connectivity index is 2.48. The van der Waals surface area contributed by atoms with Gasteiger partial charge in [-0.15, -0.1) is 0 Å². The van der Waals surface area contributed by atoms with Gasteiger partial charge >= 0.3 is 5.97 Å². The lowest BCUT2D eigenvalue weighted by Crippen LogP contribution is -2.33. The van der Waals surface area contributed by atoms with Crippen LogP contribution in [0.25, 0.3) is 0 Å². The van der Waals surface area contributed by atoms with Crippen LogP contribution in [-0.2, 0) is 14.8 Å². The number of methoxy groups -OCH3 is 1. The van der Waals surface area contributed by atoms with Crippen molar-refractivity contribution >= 4 is 44.9 Å². The zero-order valence-corrected chi connectivity index (χ0v) is 15.5. The van der Waals surface area contributed by atoms with Gasteiger partial charge in [-0.1, -0.05) is 23.2 Å². The number of carboxylic acids is 1. The van der Waals surface area contributed by atoms with Gasteiger partial charge in [0.05, 0.1) is 34.2 Å². The molecule has 0 saturated heterocycles. The van der Waals surface area contributed by atoms with Gasteiger partial charge in [0, 0.05) is 6.54 Å². The molecule has 0 spiro atoms. The maximum Gasteiger partial charge on any atom is 0.305 e. The Morgan fingerprint density at radius 3 is 2.28 bits per heavy atom. The van der Waals surface area contributed by atoms with Gasteiger partial charge in [0.1, 0.15) is 5.75 Å². The van der Waals surface area contributed by atoms with Crippen LogP contribution in [0.1, 0.15) is 6.42 Å². The molecule has 0 aliphatic rings. The number of sulfonamides is 1. The Labute approximate surface area is 155 Å². The Morgan fingerprint density at radius 1 is 1.12 bits per heavy atom. The van der Waals surface area contributed by atoms with E-state index in [1.165, 1.54) is 37.4 Å². The summed E-state index contributed by atoms with van der Waals surface area (Å²) < 4.78 is 32.0. The first kappa shape index (κ1) is 19.4. The van der Waals surface area contributed by atoms with Gasteiger partial charge in [0.2, 0.25) is 0 Å². The average molecular weight is 404 g/mol. The molecular weight excluding hydrogens is 389 g/mol. The predicted molar refractivity (Wildman–Crippen MR) is 96.2 cm³/mol. The van der Waals surface area contributed by atoms with Crippen molar-refractivity contribution in [3.63, 3.8) is 0 Å². The maximum absolute atomic E-state index is 13.0. The quantitative estimate of drug-likeness (QED) is 0.761. The number of halogens is 2. The van der Waals surface area contributed by atoms with Crippen LogP contribution in [-0.4, -0.2) is 33.1 Å². The number of ether oxygens (including phenoxy) is 1. The lowest BCUT2D eigenvalue weighted by molar-refractivity contribution is -0.136. The largest absolute Gasteiger partial charge is 0.497 e. The molecule has 0 aliphatic heterocycles. The van der Waals surface area contributed by atoms with E-state index in [0.717, 1.165) is 4.31 Å². The monoisotopic (exact) mass is 403 g/mol. The van der Waals surface area contributed by atoms with E-state index in [2.05, 4.69) is 0 Å². The summed E-state index contributed by atoms with van der Waals surface area (Å²) in [7, 11) is -2.53. The molecule has 1 N–H and O–H groups in total. The molecule has 2 aromatic rings. The van der Waals surface area contributed by atoms with E-state index < -0.39 is 16.0 Å². The van der Waals surface area contributed by atoms with Crippen LogP contribution >= 0.6 is 23.2 Å². The first-order valence-corrected chi connectivity index (χ1v) is 9.29. The second kappa shape index (κ2) is 7.95. The molecule has 0 aromatic heterocycles. The number of anilines is 1. The van der Waals surface area contributed by atoms with Crippen LogP contribution in [0.4, 0.5) is 5.69 Å². The number of rotatable bonds is 7. The molecule has 9 heteroatoms. The van der Waals surface area contributed by atoms with Gasteiger partial charge in [-0.2, -0.15) is 0 Å². The molecule has 0 bridgehead atoms. The van der Waals surface area contributed by atoms with Crippen LogP contribution in [0.5, 0.6) is 5.75 Å². The van der Waals surface area contributed by atoms with Crippen LogP contribution in [0.2, 0.25) is 10.0 Å². The molecule has 6 nitrogen and oxygen atoms in total. The number of hydrogen-bond donors (Lipinski definition) is 1. The predicted octanol–water partition coefficient (Wildman–Crippen LogP) is 3.67. The Hall–Kier alpha value is -1.96. The summed E-state index contributed by atoms with van der Waals surface area (Å²) in [6.45, 7) is -0.232. The zero-order valence-electron chi connectivity index (χ0n) is 13.1. The van der Waals surface area contributed by atoms with Crippen molar-refractivity contribution < 1.29 is 23.1 Å². The summed E-state index contributed by atoms with van der Waals surface area (Å²) in [5, 5.41) is 9.25. The van der Waals surface area contributed by atoms with E-state index in [4.69, 9.17) is 33.0 Å². The topological polar surface area (TPSA) is 83.9 Å². The summed E-state index contributed by atoms with van der Waals surface area (Å²) in [6.07, 6.45) is -0.355. The van der Waals surface area contributed by atoms with E-state index in [-0.39, 0.29) is 27.9 Å². The standard InChI is InChI=1S/C16H15Cl2NO5S/c1-24-12-4-2-11(3-5-12)19(9-8-16(20)21)25(22,23)13-6-7-14(17)15(18)10-13/h2-7,10H,8-9H2,1H3,(H,20,21). The molecule has 0 fully saturated rings.